The molecule has 0 bridgehead atoms. The van der Waals surface area contributed by atoms with Gasteiger partial charge in [-0.3, -0.25) is 0 Å². The van der Waals surface area contributed by atoms with Crippen LogP contribution in [-0.2, 0) is 0 Å². The highest BCUT2D eigenvalue weighted by Gasteiger charge is 2.26. The maximum absolute atomic E-state index is 9.30. The maximum atomic E-state index is 9.30. The number of nitrogen functional groups attached to an aromatic ring is 1. The quantitative estimate of drug-likeness (QED) is 0.773. The van der Waals surface area contributed by atoms with Crippen LogP contribution in [-0.4, -0.2) is 45.9 Å². The van der Waals surface area contributed by atoms with Gasteiger partial charge in [-0.05, 0) is 19.3 Å². The summed E-state index contributed by atoms with van der Waals surface area (Å²) < 4.78 is 5.37. The lowest BCUT2D eigenvalue weighted by atomic mass is 10.2. The highest BCUT2D eigenvalue weighted by molar-refractivity contribution is 5.38. The zero-order valence-corrected chi connectivity index (χ0v) is 10.5. The molecule has 1 fully saturated rings. The molecule has 1 unspecified atom stereocenters. The van der Waals surface area contributed by atoms with Crippen molar-refractivity contribution in [3.63, 3.8) is 0 Å². The Balaban J connectivity index is 2.18. The molecule has 0 amide bonds. The largest absolute Gasteiger partial charge is 0.463 e. The van der Waals surface area contributed by atoms with Gasteiger partial charge in [-0.2, -0.15) is 15.0 Å². The van der Waals surface area contributed by atoms with Crippen LogP contribution in [0.15, 0.2) is 0 Å². The zero-order valence-electron chi connectivity index (χ0n) is 10.5. The van der Waals surface area contributed by atoms with Crippen LogP contribution in [0, 0.1) is 0 Å². The number of aliphatic hydroxyl groups excluding tert-OH is 1. The lowest BCUT2D eigenvalue weighted by Crippen LogP contribution is -2.33. The third-order valence-electron chi connectivity index (χ3n) is 2.90. The van der Waals surface area contributed by atoms with Crippen molar-refractivity contribution in [3.05, 3.63) is 0 Å². The second kappa shape index (κ2) is 5.81. The summed E-state index contributed by atoms with van der Waals surface area (Å²) in [6, 6.07) is 0.314. The maximum Gasteiger partial charge on any atom is 0.323 e. The van der Waals surface area contributed by atoms with Crippen molar-refractivity contribution in [2.24, 2.45) is 0 Å². The molecule has 0 aromatic carbocycles. The number of anilines is 2. The van der Waals surface area contributed by atoms with Gasteiger partial charge in [-0.25, -0.2) is 0 Å². The molecule has 3 N–H and O–H groups in total. The Hall–Kier alpha value is -1.63. The van der Waals surface area contributed by atoms with Gasteiger partial charge in [0.15, 0.2) is 0 Å². The fourth-order valence-electron chi connectivity index (χ4n) is 2.04. The van der Waals surface area contributed by atoms with E-state index in [4.69, 9.17) is 10.5 Å². The molecule has 1 atom stereocenters. The highest BCUT2D eigenvalue weighted by Crippen LogP contribution is 2.23. The molecule has 1 aliphatic heterocycles. The average molecular weight is 253 g/mol. The number of hydrogen-bond donors (Lipinski definition) is 2. The van der Waals surface area contributed by atoms with Gasteiger partial charge in [0.05, 0.1) is 19.3 Å². The van der Waals surface area contributed by atoms with E-state index in [1.165, 1.54) is 0 Å². The number of nitrogens with zero attached hydrogens (tertiary/aromatic N) is 4. The van der Waals surface area contributed by atoms with Crippen LogP contribution in [0.4, 0.5) is 11.9 Å². The molecule has 0 saturated carbocycles. The predicted octanol–water partition coefficient (Wildman–Crippen LogP) is 0.204. The molecule has 1 aromatic heterocycles. The number of nitrogens with two attached hydrogens (primary N) is 1. The van der Waals surface area contributed by atoms with E-state index in [0.29, 0.717) is 12.6 Å². The van der Waals surface area contributed by atoms with Crippen molar-refractivity contribution in [1.82, 2.24) is 15.0 Å². The molecule has 0 radical (unpaired) electrons. The third kappa shape index (κ3) is 2.79. The first kappa shape index (κ1) is 12.8. The van der Waals surface area contributed by atoms with Crippen molar-refractivity contribution < 1.29 is 9.84 Å². The summed E-state index contributed by atoms with van der Waals surface area (Å²) in [6.45, 7) is 3.47. The van der Waals surface area contributed by atoms with Gasteiger partial charge in [0.1, 0.15) is 0 Å². The van der Waals surface area contributed by atoms with Gasteiger partial charge in [0.25, 0.3) is 0 Å². The van der Waals surface area contributed by atoms with E-state index < -0.39 is 0 Å². The van der Waals surface area contributed by atoms with Crippen LogP contribution in [0.25, 0.3) is 0 Å². The molecule has 0 spiro atoms. The molecule has 7 heteroatoms. The highest BCUT2D eigenvalue weighted by atomic mass is 16.5. The second-order valence-corrected chi connectivity index (χ2v) is 4.30. The Morgan fingerprint density at radius 2 is 2.28 bits per heavy atom. The van der Waals surface area contributed by atoms with Crippen LogP contribution in [0.1, 0.15) is 26.2 Å². The Kier molecular flexibility index (Phi) is 4.14. The zero-order chi connectivity index (χ0) is 13.0. The summed E-state index contributed by atoms with van der Waals surface area (Å²) in [4.78, 5) is 14.2. The lowest BCUT2D eigenvalue weighted by molar-refractivity contribution is 0.264. The minimum atomic E-state index is 0.0609. The first-order valence-electron chi connectivity index (χ1n) is 6.26. The monoisotopic (exact) mass is 253 g/mol. The topological polar surface area (TPSA) is 97.4 Å². The van der Waals surface area contributed by atoms with Crippen molar-refractivity contribution >= 4 is 11.9 Å². The van der Waals surface area contributed by atoms with Crippen LogP contribution in [0.3, 0.4) is 0 Å². The van der Waals surface area contributed by atoms with E-state index in [2.05, 4.69) is 15.0 Å². The molecule has 100 valence electrons. The van der Waals surface area contributed by atoms with E-state index in [1.807, 2.05) is 11.8 Å². The first-order valence-corrected chi connectivity index (χ1v) is 6.26. The lowest BCUT2D eigenvalue weighted by Gasteiger charge is -2.22. The summed E-state index contributed by atoms with van der Waals surface area (Å²) in [5.41, 5.74) is 5.65. The first-order chi connectivity index (χ1) is 8.74. The van der Waals surface area contributed by atoms with Gasteiger partial charge in [0.2, 0.25) is 11.9 Å². The number of rotatable bonds is 5. The van der Waals surface area contributed by atoms with Crippen molar-refractivity contribution in [2.75, 3.05) is 30.4 Å². The fourth-order valence-corrected chi connectivity index (χ4v) is 2.04. The molecule has 0 aliphatic carbocycles. The van der Waals surface area contributed by atoms with Crippen molar-refractivity contribution in [2.45, 2.75) is 32.2 Å². The van der Waals surface area contributed by atoms with Crippen LogP contribution < -0.4 is 15.4 Å². The van der Waals surface area contributed by atoms with Crippen LogP contribution in [0.2, 0.25) is 0 Å². The Labute approximate surface area is 106 Å². The minimum Gasteiger partial charge on any atom is -0.463 e. The molecular formula is C11H19N5O2. The van der Waals surface area contributed by atoms with E-state index in [9.17, 15) is 5.11 Å². The standard InChI is InChI=1S/C11H19N5O2/c1-2-6-18-11-14-9(12)13-10(15-11)16-5-3-4-8(16)7-17/h8,17H,2-7H2,1H3,(H2,12,13,14,15). The Morgan fingerprint density at radius 3 is 3.00 bits per heavy atom. The van der Waals surface area contributed by atoms with E-state index in [-0.39, 0.29) is 24.6 Å². The predicted molar refractivity (Wildman–Crippen MR) is 67.5 cm³/mol. The minimum absolute atomic E-state index is 0.0609. The third-order valence-corrected chi connectivity index (χ3v) is 2.90. The van der Waals surface area contributed by atoms with Gasteiger partial charge in [-0.15, -0.1) is 0 Å². The normalized spacial score (nSPS) is 19.2. The molecule has 1 saturated heterocycles. The second-order valence-electron chi connectivity index (χ2n) is 4.30. The fraction of sp³-hybridized carbons (Fsp3) is 0.727. The summed E-state index contributed by atoms with van der Waals surface area (Å²) in [7, 11) is 0. The Bertz CT molecular complexity index is 401. The molecule has 18 heavy (non-hydrogen) atoms. The number of hydrogen-bond acceptors (Lipinski definition) is 7. The number of aromatic nitrogens is 3. The van der Waals surface area contributed by atoms with E-state index in [0.717, 1.165) is 25.8 Å². The molecule has 1 aromatic rings. The Morgan fingerprint density at radius 1 is 1.44 bits per heavy atom. The van der Waals surface area contributed by atoms with Crippen LogP contribution >= 0.6 is 0 Å². The van der Waals surface area contributed by atoms with Crippen molar-refractivity contribution in [3.8, 4) is 6.01 Å². The average Bonchev–Trinajstić information content (AvgIpc) is 2.84. The van der Waals surface area contributed by atoms with Gasteiger partial charge >= 0.3 is 6.01 Å². The summed E-state index contributed by atoms with van der Waals surface area (Å²) in [5.74, 6) is 0.639. The summed E-state index contributed by atoms with van der Waals surface area (Å²) in [6.07, 6.45) is 2.83. The number of ether oxygens (including phenoxy) is 1. The molecule has 2 heterocycles. The summed E-state index contributed by atoms with van der Waals surface area (Å²) in [5, 5.41) is 9.30. The van der Waals surface area contributed by atoms with E-state index >= 15 is 0 Å². The molecule has 2 rings (SSSR count). The molecular weight excluding hydrogens is 234 g/mol. The van der Waals surface area contributed by atoms with Gasteiger partial charge in [0, 0.05) is 6.54 Å². The van der Waals surface area contributed by atoms with Gasteiger partial charge in [-0.1, -0.05) is 6.92 Å². The van der Waals surface area contributed by atoms with Crippen LogP contribution in [0.5, 0.6) is 6.01 Å². The molecule has 7 nitrogen and oxygen atoms in total. The summed E-state index contributed by atoms with van der Waals surface area (Å²) >= 11 is 0. The van der Waals surface area contributed by atoms with Gasteiger partial charge < -0.3 is 20.5 Å². The van der Waals surface area contributed by atoms with E-state index in [1.54, 1.807) is 0 Å². The van der Waals surface area contributed by atoms with Crippen molar-refractivity contribution in [1.29, 1.82) is 0 Å². The smallest absolute Gasteiger partial charge is 0.323 e. The number of aliphatic hydroxyl groups is 1. The SMILES string of the molecule is CCCOc1nc(N)nc(N2CCCC2CO)n1. The molecule has 1 aliphatic rings.